The van der Waals surface area contributed by atoms with Crippen LogP contribution in [0.3, 0.4) is 0 Å². The van der Waals surface area contributed by atoms with E-state index in [0.717, 1.165) is 0 Å². The monoisotopic (exact) mass is 237 g/mol. The summed E-state index contributed by atoms with van der Waals surface area (Å²) in [5.41, 5.74) is 0.590. The second kappa shape index (κ2) is 5.79. The van der Waals surface area contributed by atoms with E-state index in [-0.39, 0.29) is 17.4 Å². The van der Waals surface area contributed by atoms with Crippen LogP contribution in [-0.4, -0.2) is 19.0 Å². The maximum atomic E-state index is 12.7. The Morgan fingerprint density at radius 1 is 1.29 bits per heavy atom. The van der Waals surface area contributed by atoms with Gasteiger partial charge in [-0.25, -0.2) is 9.18 Å². The van der Waals surface area contributed by atoms with E-state index in [2.05, 4.69) is 10.1 Å². The lowest BCUT2D eigenvalue weighted by molar-refractivity contribution is -0.137. The normalized spacial score (nSPS) is 10.9. The Bertz CT molecular complexity index is 451. The quantitative estimate of drug-likeness (QED) is 0.640. The van der Waals surface area contributed by atoms with E-state index in [1.807, 2.05) is 0 Å². The third kappa shape index (κ3) is 4.06. The van der Waals surface area contributed by atoms with Crippen LogP contribution in [0.5, 0.6) is 0 Å². The number of ether oxygens (including phenoxy) is 1. The molecule has 0 atom stereocenters. The van der Waals surface area contributed by atoms with E-state index in [9.17, 15) is 14.0 Å². The van der Waals surface area contributed by atoms with Crippen molar-refractivity contribution in [1.29, 1.82) is 0 Å². The van der Waals surface area contributed by atoms with Gasteiger partial charge in [0.1, 0.15) is 11.5 Å². The summed E-state index contributed by atoms with van der Waals surface area (Å²) in [5, 5.41) is 2.35. The highest BCUT2D eigenvalue weighted by Gasteiger charge is 2.10. The van der Waals surface area contributed by atoms with Gasteiger partial charge in [0.15, 0.2) is 0 Å². The molecular formula is C12H12FNO3. The first-order valence-corrected chi connectivity index (χ1v) is 4.86. The number of benzene rings is 1. The molecule has 1 rings (SSSR count). The standard InChI is InChI=1S/C12H12FNO3/c1-8(15)14-11(12(16)17-2)7-9-3-5-10(13)6-4-9/h3-7H,1-2H3,(H,14,15). The van der Waals surface area contributed by atoms with Crippen molar-refractivity contribution >= 4 is 18.0 Å². The molecule has 0 aromatic heterocycles. The van der Waals surface area contributed by atoms with Gasteiger partial charge in [-0.05, 0) is 23.8 Å². The zero-order valence-corrected chi connectivity index (χ0v) is 9.49. The molecule has 0 spiro atoms. The minimum Gasteiger partial charge on any atom is -0.464 e. The number of carbonyl (C=O) groups excluding carboxylic acids is 2. The summed E-state index contributed by atoms with van der Waals surface area (Å²) in [7, 11) is 1.21. The van der Waals surface area contributed by atoms with Crippen LogP contribution in [0.15, 0.2) is 30.0 Å². The topological polar surface area (TPSA) is 55.4 Å². The van der Waals surface area contributed by atoms with E-state index < -0.39 is 5.97 Å². The molecule has 0 aliphatic rings. The van der Waals surface area contributed by atoms with Crippen LogP contribution in [0.1, 0.15) is 12.5 Å². The Hall–Kier alpha value is -2.17. The van der Waals surface area contributed by atoms with Crippen LogP contribution in [0.4, 0.5) is 4.39 Å². The van der Waals surface area contributed by atoms with Crippen LogP contribution in [-0.2, 0) is 14.3 Å². The number of amides is 1. The van der Waals surface area contributed by atoms with Crippen molar-refractivity contribution in [3.05, 3.63) is 41.3 Å². The van der Waals surface area contributed by atoms with Crippen LogP contribution in [0.2, 0.25) is 0 Å². The summed E-state index contributed by atoms with van der Waals surface area (Å²) >= 11 is 0. The molecule has 5 heteroatoms. The number of rotatable bonds is 3. The summed E-state index contributed by atoms with van der Waals surface area (Å²) in [5.74, 6) is -1.42. The van der Waals surface area contributed by atoms with Gasteiger partial charge in [-0.1, -0.05) is 12.1 Å². The number of methoxy groups -OCH3 is 1. The Balaban J connectivity index is 3.00. The minimum absolute atomic E-state index is 0.00612. The van der Waals surface area contributed by atoms with Gasteiger partial charge in [0.25, 0.3) is 0 Å². The molecular weight excluding hydrogens is 225 g/mol. The highest BCUT2D eigenvalue weighted by atomic mass is 19.1. The predicted molar refractivity (Wildman–Crippen MR) is 60.2 cm³/mol. The molecule has 0 heterocycles. The van der Waals surface area contributed by atoms with Gasteiger partial charge in [-0.3, -0.25) is 4.79 Å². The van der Waals surface area contributed by atoms with Crippen molar-refractivity contribution in [1.82, 2.24) is 5.32 Å². The average Bonchev–Trinajstić information content (AvgIpc) is 2.29. The lowest BCUT2D eigenvalue weighted by Gasteiger charge is -2.05. The molecule has 0 unspecified atom stereocenters. The molecule has 1 aromatic rings. The molecule has 0 saturated heterocycles. The van der Waals surface area contributed by atoms with E-state index >= 15 is 0 Å². The first-order valence-electron chi connectivity index (χ1n) is 4.86. The highest BCUT2D eigenvalue weighted by molar-refractivity contribution is 5.97. The lowest BCUT2D eigenvalue weighted by atomic mass is 10.2. The zero-order chi connectivity index (χ0) is 12.8. The van der Waals surface area contributed by atoms with Crippen molar-refractivity contribution in [3.63, 3.8) is 0 Å². The molecule has 1 amide bonds. The molecule has 0 fully saturated rings. The summed E-state index contributed by atoms with van der Waals surface area (Å²) in [6.45, 7) is 1.28. The Kier molecular flexibility index (Phi) is 4.39. The number of carbonyl (C=O) groups is 2. The first-order chi connectivity index (χ1) is 8.02. The van der Waals surface area contributed by atoms with Gasteiger partial charge in [-0.2, -0.15) is 0 Å². The van der Waals surface area contributed by atoms with E-state index in [0.29, 0.717) is 5.56 Å². The molecule has 90 valence electrons. The number of halogens is 1. The van der Waals surface area contributed by atoms with Gasteiger partial charge in [0, 0.05) is 6.92 Å². The third-order valence-electron chi connectivity index (χ3n) is 1.90. The maximum Gasteiger partial charge on any atom is 0.354 e. The lowest BCUT2D eigenvalue weighted by Crippen LogP contribution is -2.25. The molecule has 0 aliphatic heterocycles. The Labute approximate surface area is 98.1 Å². The smallest absolute Gasteiger partial charge is 0.354 e. The average molecular weight is 237 g/mol. The fraction of sp³-hybridized carbons (Fsp3) is 0.167. The number of nitrogens with one attached hydrogen (secondary N) is 1. The fourth-order valence-corrected chi connectivity index (χ4v) is 1.17. The molecule has 1 N–H and O–H groups in total. The Morgan fingerprint density at radius 3 is 2.35 bits per heavy atom. The fourth-order valence-electron chi connectivity index (χ4n) is 1.17. The highest BCUT2D eigenvalue weighted by Crippen LogP contribution is 2.08. The summed E-state index contributed by atoms with van der Waals surface area (Å²) in [6, 6.07) is 5.49. The first kappa shape index (κ1) is 12.9. The SMILES string of the molecule is COC(=O)C(=Cc1ccc(F)cc1)NC(C)=O. The van der Waals surface area contributed by atoms with Crippen molar-refractivity contribution in [2.75, 3.05) is 7.11 Å². The Morgan fingerprint density at radius 2 is 1.88 bits per heavy atom. The van der Waals surface area contributed by atoms with Crippen LogP contribution >= 0.6 is 0 Å². The second-order valence-electron chi connectivity index (χ2n) is 3.28. The van der Waals surface area contributed by atoms with E-state index in [1.54, 1.807) is 0 Å². The van der Waals surface area contributed by atoms with E-state index in [1.165, 1.54) is 44.4 Å². The summed E-state index contributed by atoms with van der Waals surface area (Å²) in [6.07, 6.45) is 1.41. The zero-order valence-electron chi connectivity index (χ0n) is 9.49. The van der Waals surface area contributed by atoms with Crippen molar-refractivity contribution in [2.45, 2.75) is 6.92 Å². The third-order valence-corrected chi connectivity index (χ3v) is 1.90. The minimum atomic E-state index is -0.662. The van der Waals surface area contributed by atoms with Crippen molar-refractivity contribution in [2.24, 2.45) is 0 Å². The van der Waals surface area contributed by atoms with E-state index in [4.69, 9.17) is 0 Å². The van der Waals surface area contributed by atoms with Crippen LogP contribution < -0.4 is 5.32 Å². The molecule has 0 radical (unpaired) electrons. The van der Waals surface area contributed by atoms with Crippen LogP contribution in [0, 0.1) is 5.82 Å². The molecule has 1 aromatic carbocycles. The predicted octanol–water partition coefficient (Wildman–Crippen LogP) is 1.48. The maximum absolute atomic E-state index is 12.7. The molecule has 0 aliphatic carbocycles. The summed E-state index contributed by atoms with van der Waals surface area (Å²) < 4.78 is 17.2. The van der Waals surface area contributed by atoms with Gasteiger partial charge in [-0.15, -0.1) is 0 Å². The second-order valence-corrected chi connectivity index (χ2v) is 3.28. The van der Waals surface area contributed by atoms with Gasteiger partial charge >= 0.3 is 5.97 Å². The molecule has 17 heavy (non-hydrogen) atoms. The molecule has 4 nitrogen and oxygen atoms in total. The number of esters is 1. The van der Waals surface area contributed by atoms with Gasteiger partial charge in [0.2, 0.25) is 5.91 Å². The number of hydrogen-bond acceptors (Lipinski definition) is 3. The van der Waals surface area contributed by atoms with Gasteiger partial charge in [0.05, 0.1) is 7.11 Å². The molecule has 0 bridgehead atoms. The summed E-state index contributed by atoms with van der Waals surface area (Å²) in [4.78, 5) is 22.2. The van der Waals surface area contributed by atoms with Crippen LogP contribution in [0.25, 0.3) is 6.08 Å². The number of hydrogen-bond donors (Lipinski definition) is 1. The van der Waals surface area contributed by atoms with Crippen molar-refractivity contribution in [3.8, 4) is 0 Å². The van der Waals surface area contributed by atoms with Crippen molar-refractivity contribution < 1.29 is 18.7 Å². The van der Waals surface area contributed by atoms with Gasteiger partial charge < -0.3 is 10.1 Å². The molecule has 0 saturated carbocycles. The largest absolute Gasteiger partial charge is 0.464 e.